The first kappa shape index (κ1) is 16.6. The van der Waals surface area contributed by atoms with Crippen LogP contribution in [0.5, 0.6) is 0 Å². The molecule has 0 aromatic heterocycles. The van der Waals surface area contributed by atoms with Crippen molar-refractivity contribution in [3.8, 4) is 0 Å². The second kappa shape index (κ2) is 8.64. The van der Waals surface area contributed by atoms with Gasteiger partial charge in [0, 0.05) is 29.7 Å². The number of carbonyl (C=O) groups is 1. The summed E-state index contributed by atoms with van der Waals surface area (Å²) in [5.74, 6) is -0.153. The molecule has 0 bridgehead atoms. The molecule has 106 valence electrons. The van der Waals surface area contributed by atoms with Crippen molar-refractivity contribution in [1.29, 1.82) is 0 Å². The highest BCUT2D eigenvalue weighted by Gasteiger charge is 2.06. The fourth-order valence-corrected chi connectivity index (χ4v) is 2.38. The van der Waals surface area contributed by atoms with Crippen molar-refractivity contribution in [2.24, 2.45) is 0 Å². The van der Waals surface area contributed by atoms with E-state index in [2.05, 4.69) is 17.1 Å². The van der Waals surface area contributed by atoms with Crippen molar-refractivity contribution in [3.05, 3.63) is 33.8 Å². The summed E-state index contributed by atoms with van der Waals surface area (Å²) in [6.07, 6.45) is 0. The van der Waals surface area contributed by atoms with Crippen molar-refractivity contribution in [2.75, 3.05) is 25.5 Å². The minimum absolute atomic E-state index is 0.00394. The number of benzene rings is 1. The smallest absolute Gasteiger partial charge is 0.234 e. The van der Waals surface area contributed by atoms with Gasteiger partial charge in [-0.25, -0.2) is 0 Å². The van der Waals surface area contributed by atoms with Gasteiger partial charge in [0.15, 0.2) is 0 Å². The normalized spacial score (nSPS) is 10.8. The van der Waals surface area contributed by atoms with E-state index in [-0.39, 0.29) is 11.8 Å². The Labute approximate surface area is 128 Å². The van der Waals surface area contributed by atoms with Gasteiger partial charge in [0.05, 0.1) is 0 Å². The molecule has 0 saturated heterocycles. The van der Waals surface area contributed by atoms with Crippen LogP contribution in [0.4, 0.5) is 0 Å². The zero-order valence-electron chi connectivity index (χ0n) is 10.8. The van der Waals surface area contributed by atoms with Crippen LogP contribution >= 0.6 is 34.8 Å². The van der Waals surface area contributed by atoms with Gasteiger partial charge in [-0.2, -0.15) is 0 Å². The number of amides is 1. The van der Waals surface area contributed by atoms with E-state index in [1.165, 1.54) is 0 Å². The number of hydrogen-bond acceptors (Lipinski definition) is 2. The van der Waals surface area contributed by atoms with Crippen LogP contribution < -0.4 is 5.32 Å². The molecule has 0 saturated carbocycles. The van der Waals surface area contributed by atoms with E-state index in [1.54, 1.807) is 6.07 Å². The van der Waals surface area contributed by atoms with Crippen LogP contribution in [-0.4, -0.2) is 36.3 Å². The first-order chi connectivity index (χ1) is 9.05. The number of hydrogen-bond donors (Lipinski definition) is 1. The predicted molar refractivity (Wildman–Crippen MR) is 81.1 cm³/mol. The summed E-state index contributed by atoms with van der Waals surface area (Å²) < 4.78 is 0. The third-order valence-corrected chi connectivity index (χ3v) is 3.33. The van der Waals surface area contributed by atoms with Crippen LogP contribution in [0.3, 0.4) is 0 Å². The number of halogens is 3. The highest BCUT2D eigenvalue weighted by Crippen LogP contribution is 2.20. The zero-order chi connectivity index (χ0) is 14.3. The van der Waals surface area contributed by atoms with Gasteiger partial charge in [0.2, 0.25) is 5.91 Å². The average Bonchev–Trinajstić information content (AvgIpc) is 2.36. The fourth-order valence-electron chi connectivity index (χ4n) is 1.71. The molecule has 0 aliphatic rings. The van der Waals surface area contributed by atoms with E-state index >= 15 is 0 Å². The van der Waals surface area contributed by atoms with Crippen LogP contribution in [0.2, 0.25) is 10.0 Å². The quantitative estimate of drug-likeness (QED) is 0.782. The molecule has 1 N–H and O–H groups in total. The van der Waals surface area contributed by atoms with Gasteiger partial charge >= 0.3 is 0 Å². The van der Waals surface area contributed by atoms with E-state index < -0.39 is 0 Å². The molecule has 0 unspecified atom stereocenters. The molecule has 0 heterocycles. The van der Waals surface area contributed by atoms with E-state index in [0.29, 0.717) is 16.6 Å². The highest BCUT2D eigenvalue weighted by atomic mass is 35.5. The van der Waals surface area contributed by atoms with Crippen molar-refractivity contribution in [3.63, 3.8) is 0 Å². The maximum Gasteiger partial charge on any atom is 0.234 e. The molecule has 0 aliphatic carbocycles. The molecule has 6 heteroatoms. The number of likely N-dealkylation sites (N-methyl/N-ethyl adjacent to an activating group) is 1. The lowest BCUT2D eigenvalue weighted by molar-refractivity contribution is -0.118. The molecule has 0 radical (unpaired) electrons. The summed E-state index contributed by atoms with van der Waals surface area (Å²) in [5.41, 5.74) is 1.06. The fraction of sp³-hybridized carbons (Fsp3) is 0.462. The van der Waals surface area contributed by atoms with Gasteiger partial charge in [-0.05, 0) is 30.3 Å². The molecule has 0 atom stereocenters. The molecular weight excluding hydrogens is 307 g/mol. The number of alkyl halides is 1. The Morgan fingerprint density at radius 3 is 2.42 bits per heavy atom. The molecular formula is C13H17Cl3N2O. The third-order valence-electron chi connectivity index (χ3n) is 2.65. The Balaban J connectivity index is 2.49. The van der Waals surface area contributed by atoms with Crippen LogP contribution in [0.1, 0.15) is 12.5 Å². The summed E-state index contributed by atoms with van der Waals surface area (Å²) >= 11 is 17.3. The SMILES string of the molecule is CCN(CCNC(=O)CCl)Cc1cc(Cl)cc(Cl)c1. The molecule has 1 aromatic carbocycles. The van der Waals surface area contributed by atoms with Gasteiger partial charge in [0.25, 0.3) is 0 Å². The van der Waals surface area contributed by atoms with Crippen molar-refractivity contribution in [2.45, 2.75) is 13.5 Å². The number of nitrogens with zero attached hydrogens (tertiary/aromatic N) is 1. The number of rotatable bonds is 7. The summed E-state index contributed by atoms with van der Waals surface area (Å²) in [7, 11) is 0. The lowest BCUT2D eigenvalue weighted by atomic mass is 10.2. The lowest BCUT2D eigenvalue weighted by Gasteiger charge is -2.20. The number of carbonyl (C=O) groups excluding carboxylic acids is 1. The van der Waals surface area contributed by atoms with Gasteiger partial charge in [0.1, 0.15) is 5.88 Å². The zero-order valence-corrected chi connectivity index (χ0v) is 13.0. The first-order valence-electron chi connectivity index (χ1n) is 6.05. The van der Waals surface area contributed by atoms with Crippen molar-refractivity contribution in [1.82, 2.24) is 10.2 Å². The standard InChI is InChI=1S/C13H17Cl3N2O/c1-2-18(4-3-17-13(19)8-14)9-10-5-11(15)7-12(16)6-10/h5-7H,2-4,8-9H2,1H3,(H,17,19). The van der Waals surface area contributed by atoms with Crippen LogP contribution in [0, 0.1) is 0 Å². The van der Waals surface area contributed by atoms with Gasteiger partial charge < -0.3 is 5.32 Å². The Morgan fingerprint density at radius 2 is 1.89 bits per heavy atom. The molecule has 19 heavy (non-hydrogen) atoms. The minimum atomic E-state index is -0.150. The second-order valence-corrected chi connectivity index (χ2v) is 5.27. The molecule has 0 fully saturated rings. The Bertz CT molecular complexity index is 406. The van der Waals surface area contributed by atoms with Gasteiger partial charge in [-0.15, -0.1) is 11.6 Å². The largest absolute Gasteiger partial charge is 0.354 e. The molecule has 1 amide bonds. The molecule has 3 nitrogen and oxygen atoms in total. The molecule has 0 spiro atoms. The third kappa shape index (κ3) is 6.48. The highest BCUT2D eigenvalue weighted by molar-refractivity contribution is 6.34. The maximum atomic E-state index is 11.0. The monoisotopic (exact) mass is 322 g/mol. The van der Waals surface area contributed by atoms with E-state index in [4.69, 9.17) is 34.8 Å². The topological polar surface area (TPSA) is 32.3 Å². The minimum Gasteiger partial charge on any atom is -0.354 e. The molecule has 1 rings (SSSR count). The second-order valence-electron chi connectivity index (χ2n) is 4.13. The van der Waals surface area contributed by atoms with Crippen molar-refractivity contribution < 1.29 is 4.79 Å². The van der Waals surface area contributed by atoms with E-state index in [0.717, 1.165) is 25.2 Å². The maximum absolute atomic E-state index is 11.0. The Kier molecular flexibility index (Phi) is 7.54. The Morgan fingerprint density at radius 1 is 1.26 bits per heavy atom. The van der Waals surface area contributed by atoms with E-state index in [9.17, 15) is 4.79 Å². The van der Waals surface area contributed by atoms with Crippen LogP contribution in [0.15, 0.2) is 18.2 Å². The van der Waals surface area contributed by atoms with Crippen LogP contribution in [-0.2, 0) is 11.3 Å². The Hall–Kier alpha value is -0.480. The van der Waals surface area contributed by atoms with Crippen LogP contribution in [0.25, 0.3) is 0 Å². The summed E-state index contributed by atoms with van der Waals surface area (Å²) in [6.45, 7) is 5.01. The van der Waals surface area contributed by atoms with Gasteiger partial charge in [-0.3, -0.25) is 9.69 Å². The summed E-state index contributed by atoms with van der Waals surface area (Å²) in [6, 6.07) is 5.50. The summed E-state index contributed by atoms with van der Waals surface area (Å²) in [4.78, 5) is 13.2. The van der Waals surface area contributed by atoms with Crippen molar-refractivity contribution >= 4 is 40.7 Å². The average molecular weight is 324 g/mol. The molecule has 0 aliphatic heterocycles. The van der Waals surface area contributed by atoms with Gasteiger partial charge in [-0.1, -0.05) is 30.1 Å². The lowest BCUT2D eigenvalue weighted by Crippen LogP contribution is -2.35. The first-order valence-corrected chi connectivity index (χ1v) is 7.34. The van der Waals surface area contributed by atoms with E-state index in [1.807, 2.05) is 12.1 Å². The predicted octanol–water partition coefficient (Wildman–Crippen LogP) is 3.17. The summed E-state index contributed by atoms with van der Waals surface area (Å²) in [5, 5.41) is 4.01. The number of nitrogens with one attached hydrogen (secondary N) is 1. The molecule has 1 aromatic rings.